The largest absolute Gasteiger partial charge is 0.287 e. The lowest BCUT2D eigenvalue weighted by molar-refractivity contribution is -0.436. The van der Waals surface area contributed by atoms with Crippen LogP contribution in [0.15, 0.2) is 42.5 Å². The number of halogens is 2. The molecule has 0 unspecified atom stereocenters. The molecule has 1 nitrogen and oxygen atoms in total. The van der Waals surface area contributed by atoms with Gasteiger partial charge in [0.2, 0.25) is 0 Å². The van der Waals surface area contributed by atoms with Crippen molar-refractivity contribution in [2.24, 2.45) is 0 Å². The molecule has 4 heteroatoms. The third-order valence-corrected chi connectivity index (χ3v) is 3.17. The molecule has 0 aliphatic carbocycles. The van der Waals surface area contributed by atoms with Gasteiger partial charge in [-0.15, -0.1) is 4.58 Å². The monoisotopic (exact) mass is 290 g/mol. The lowest BCUT2D eigenvalue weighted by Gasteiger charge is -2.05. The average Bonchev–Trinajstić information content (AvgIpc) is 2.46. The lowest BCUT2D eigenvalue weighted by Crippen LogP contribution is -2.08. The first kappa shape index (κ1) is 14.5. The first-order valence-electron chi connectivity index (χ1n) is 6.37. The van der Waals surface area contributed by atoms with Gasteiger partial charge in [-0.05, 0) is 23.3 Å². The van der Waals surface area contributed by atoms with Crippen molar-refractivity contribution >= 4 is 23.1 Å². The summed E-state index contributed by atoms with van der Waals surface area (Å²) in [6.07, 6.45) is 0.725. The highest BCUT2D eigenvalue weighted by Gasteiger charge is 2.22. The summed E-state index contributed by atoms with van der Waals surface area (Å²) in [5, 5.41) is 2.40. The summed E-state index contributed by atoms with van der Waals surface area (Å²) >= 11 is 4.71. The van der Waals surface area contributed by atoms with E-state index in [1.165, 1.54) is 16.7 Å². The van der Waals surface area contributed by atoms with Gasteiger partial charge in [-0.1, -0.05) is 37.3 Å². The van der Waals surface area contributed by atoms with Crippen LogP contribution in [0.3, 0.4) is 0 Å². The molecule has 0 atom stereocenters. The number of nitrogens with zero attached hydrogens (tertiary/aromatic N) is 1. The van der Waals surface area contributed by atoms with Crippen molar-refractivity contribution in [2.75, 3.05) is 6.54 Å². The molecule has 20 heavy (non-hydrogen) atoms. The van der Waals surface area contributed by atoms with E-state index in [-0.39, 0.29) is 5.69 Å². The van der Waals surface area contributed by atoms with Gasteiger partial charge >= 0.3 is 0 Å². The number of hydrogen-bond donors (Lipinski definition) is 0. The Morgan fingerprint density at radius 1 is 1.05 bits per heavy atom. The van der Waals surface area contributed by atoms with Gasteiger partial charge in [0.1, 0.15) is 0 Å². The number of rotatable bonds is 4. The van der Waals surface area contributed by atoms with E-state index in [1.807, 2.05) is 37.3 Å². The second-order valence-electron chi connectivity index (χ2n) is 4.40. The van der Waals surface area contributed by atoms with Gasteiger partial charge in [-0.3, -0.25) is 0 Å². The smallest absolute Gasteiger partial charge is 0.199 e. The van der Waals surface area contributed by atoms with Crippen molar-refractivity contribution in [3.63, 3.8) is 0 Å². The maximum atomic E-state index is 14.2. The van der Waals surface area contributed by atoms with E-state index in [4.69, 9.17) is 12.2 Å². The fourth-order valence-electron chi connectivity index (χ4n) is 2.05. The fraction of sp³-hybridized carbons (Fsp3) is 0.188. The number of isothiocyanates is 1. The molecule has 0 saturated carbocycles. The van der Waals surface area contributed by atoms with Crippen molar-refractivity contribution in [3.05, 3.63) is 54.1 Å². The lowest BCUT2D eigenvalue weighted by atomic mass is 10.0. The zero-order chi connectivity index (χ0) is 14.5. The molecule has 0 aliphatic heterocycles. The maximum absolute atomic E-state index is 14.2. The van der Waals surface area contributed by atoms with Crippen LogP contribution in [0.25, 0.3) is 11.1 Å². The van der Waals surface area contributed by atoms with Crippen molar-refractivity contribution in [1.29, 1.82) is 0 Å². The summed E-state index contributed by atoms with van der Waals surface area (Å²) < 4.78 is 29.7. The summed E-state index contributed by atoms with van der Waals surface area (Å²) in [6.45, 7) is 2.34. The Hall–Kier alpha value is -1.90. The van der Waals surface area contributed by atoms with Crippen LogP contribution < -0.4 is 0 Å². The van der Waals surface area contributed by atoms with E-state index in [1.54, 1.807) is 0 Å². The summed E-state index contributed by atoms with van der Waals surface area (Å²) in [4.78, 5) is 0. The SMILES string of the molecule is CCC[N+](=C=S)c1c(F)cc(-c2ccccc2)cc1F. The highest BCUT2D eigenvalue weighted by molar-refractivity contribution is 7.78. The van der Waals surface area contributed by atoms with Gasteiger partial charge in [-0.2, -0.15) is 8.78 Å². The van der Waals surface area contributed by atoms with Crippen LogP contribution in [0.1, 0.15) is 13.3 Å². The molecule has 0 fully saturated rings. The molecule has 0 aliphatic rings. The number of hydrogen-bond acceptors (Lipinski definition) is 1. The van der Waals surface area contributed by atoms with Gasteiger partial charge in [0, 0.05) is 18.6 Å². The Labute approximate surface area is 122 Å². The third-order valence-electron chi connectivity index (χ3n) is 2.95. The highest BCUT2D eigenvalue weighted by atomic mass is 32.1. The van der Waals surface area contributed by atoms with E-state index in [0.717, 1.165) is 12.0 Å². The number of benzene rings is 2. The zero-order valence-corrected chi connectivity index (χ0v) is 11.9. The summed E-state index contributed by atoms with van der Waals surface area (Å²) in [5.41, 5.74) is 1.14. The summed E-state index contributed by atoms with van der Waals surface area (Å²) in [5.74, 6) is -1.26. The minimum Gasteiger partial charge on any atom is -0.199 e. The Bertz CT molecular complexity index is 638. The van der Waals surface area contributed by atoms with Crippen LogP contribution >= 0.6 is 12.2 Å². The van der Waals surface area contributed by atoms with Crippen molar-refractivity contribution in [1.82, 2.24) is 0 Å². The van der Waals surface area contributed by atoms with Crippen LogP contribution in [-0.4, -0.2) is 16.3 Å². The summed E-state index contributed by atoms with van der Waals surface area (Å²) in [7, 11) is 0. The van der Waals surface area contributed by atoms with Gasteiger partial charge < -0.3 is 0 Å². The first-order chi connectivity index (χ1) is 9.67. The standard InChI is InChI=1S/C16H14F2NS/c1-2-8-19(11-20)16-14(17)9-13(10-15(16)18)12-6-4-3-5-7-12/h3-7,9-10H,2,8H2,1H3/q+1. The van der Waals surface area contributed by atoms with Crippen LogP contribution in [0, 0.1) is 11.6 Å². The Morgan fingerprint density at radius 3 is 2.15 bits per heavy atom. The van der Waals surface area contributed by atoms with E-state index in [2.05, 4.69) is 5.16 Å². The predicted molar refractivity (Wildman–Crippen MR) is 79.5 cm³/mol. The minimum absolute atomic E-state index is 0.137. The minimum atomic E-state index is -0.630. The van der Waals surface area contributed by atoms with Gasteiger partial charge in [-0.25, -0.2) is 0 Å². The highest BCUT2D eigenvalue weighted by Crippen LogP contribution is 2.28. The molecule has 0 bridgehead atoms. The Kier molecular flexibility index (Phi) is 4.72. The quantitative estimate of drug-likeness (QED) is 0.444. The molecule has 0 N–H and O–H groups in total. The molecular formula is C16H14F2NS+. The molecule has 0 heterocycles. The van der Waals surface area contributed by atoms with Crippen molar-refractivity contribution in [2.45, 2.75) is 13.3 Å². The van der Waals surface area contributed by atoms with E-state index >= 15 is 0 Å². The van der Waals surface area contributed by atoms with Crippen LogP contribution in [0.4, 0.5) is 14.5 Å². The molecule has 0 amide bonds. The predicted octanol–water partition coefficient (Wildman–Crippen LogP) is 4.79. The van der Waals surface area contributed by atoms with Crippen LogP contribution in [-0.2, 0) is 0 Å². The molecule has 2 aromatic rings. The average molecular weight is 290 g/mol. The molecular weight excluding hydrogens is 276 g/mol. The third kappa shape index (κ3) is 2.98. The fourth-order valence-corrected chi connectivity index (χ4v) is 2.23. The van der Waals surface area contributed by atoms with Crippen molar-refractivity contribution < 1.29 is 13.4 Å². The van der Waals surface area contributed by atoms with Crippen LogP contribution in [0.2, 0.25) is 0 Å². The van der Waals surface area contributed by atoms with Gasteiger partial charge in [0.15, 0.2) is 18.2 Å². The topological polar surface area (TPSA) is 3.01 Å². The normalized spacial score (nSPS) is 10.2. The van der Waals surface area contributed by atoms with Gasteiger partial charge in [0.25, 0.3) is 10.8 Å². The molecule has 2 rings (SSSR count). The summed E-state index contributed by atoms with van der Waals surface area (Å²) in [6, 6.07) is 11.8. The zero-order valence-electron chi connectivity index (χ0n) is 11.1. The van der Waals surface area contributed by atoms with E-state index in [0.29, 0.717) is 12.1 Å². The second kappa shape index (κ2) is 6.51. The van der Waals surface area contributed by atoms with E-state index in [9.17, 15) is 8.78 Å². The number of thiocarbonyl (C=S) groups is 1. The molecule has 0 radical (unpaired) electrons. The molecule has 0 spiro atoms. The Balaban J connectivity index is 2.52. The maximum Gasteiger partial charge on any atom is 0.287 e. The van der Waals surface area contributed by atoms with Gasteiger partial charge in [0.05, 0.1) is 0 Å². The molecule has 0 saturated heterocycles. The van der Waals surface area contributed by atoms with Crippen LogP contribution in [0.5, 0.6) is 0 Å². The Morgan fingerprint density at radius 2 is 1.65 bits per heavy atom. The van der Waals surface area contributed by atoms with Crippen molar-refractivity contribution in [3.8, 4) is 11.1 Å². The van der Waals surface area contributed by atoms with E-state index < -0.39 is 11.6 Å². The molecule has 0 aromatic heterocycles. The molecule has 102 valence electrons. The molecule has 2 aromatic carbocycles. The second-order valence-corrected chi connectivity index (χ2v) is 4.58. The first-order valence-corrected chi connectivity index (χ1v) is 6.78.